The van der Waals surface area contributed by atoms with E-state index >= 15 is 0 Å². The predicted molar refractivity (Wildman–Crippen MR) is 65.7 cm³/mol. The van der Waals surface area contributed by atoms with E-state index in [1.165, 1.54) is 16.3 Å². The van der Waals surface area contributed by atoms with Gasteiger partial charge in [-0.2, -0.15) is 0 Å². The predicted octanol–water partition coefficient (Wildman–Crippen LogP) is 2.53. The number of hydrogen-bond donors (Lipinski definition) is 2. The van der Waals surface area contributed by atoms with Crippen molar-refractivity contribution in [3.8, 4) is 0 Å². The molecule has 0 fully saturated rings. The molecule has 0 unspecified atom stereocenters. The molecule has 2 rings (SSSR count). The summed E-state index contributed by atoms with van der Waals surface area (Å²) in [4.78, 5) is 0. The molecule has 0 spiro atoms. The average Bonchev–Trinajstić information content (AvgIpc) is 2.26. The lowest BCUT2D eigenvalue weighted by atomic mass is 10.1. The summed E-state index contributed by atoms with van der Waals surface area (Å²) in [6.45, 7) is 3.90. The lowest BCUT2D eigenvalue weighted by molar-refractivity contribution is 0.729. The van der Waals surface area contributed by atoms with Crippen molar-refractivity contribution >= 4 is 16.5 Å². The first-order valence-corrected chi connectivity index (χ1v) is 5.29. The summed E-state index contributed by atoms with van der Waals surface area (Å²) in [6.07, 6.45) is 0. The molecule has 0 aliphatic carbocycles. The molecule has 0 amide bonds. The average molecular weight is 200 g/mol. The quantitative estimate of drug-likeness (QED) is 0.747. The Morgan fingerprint density at radius 1 is 1.13 bits per heavy atom. The monoisotopic (exact) mass is 200 g/mol. The molecule has 0 heterocycles. The topological polar surface area (TPSA) is 38.0 Å². The van der Waals surface area contributed by atoms with Crippen LogP contribution in [0, 0.1) is 0 Å². The Balaban J connectivity index is 2.43. The summed E-state index contributed by atoms with van der Waals surface area (Å²) in [5.74, 6) is 0. The van der Waals surface area contributed by atoms with Gasteiger partial charge in [-0.1, -0.05) is 31.2 Å². The van der Waals surface area contributed by atoms with E-state index in [2.05, 4.69) is 36.5 Å². The van der Waals surface area contributed by atoms with Crippen LogP contribution in [-0.4, -0.2) is 6.54 Å². The second-order valence-electron chi connectivity index (χ2n) is 3.68. The molecule has 0 saturated carbocycles. The molecule has 0 aliphatic rings. The number of nitrogens with one attached hydrogen (secondary N) is 1. The van der Waals surface area contributed by atoms with E-state index in [0.717, 1.165) is 18.8 Å². The number of anilines is 1. The molecule has 78 valence electrons. The molecular weight excluding hydrogens is 184 g/mol. The lowest BCUT2D eigenvalue weighted by Crippen LogP contribution is -2.13. The summed E-state index contributed by atoms with van der Waals surface area (Å²) in [5, 5.41) is 5.74. The van der Waals surface area contributed by atoms with Gasteiger partial charge in [0.25, 0.3) is 0 Å². The highest BCUT2D eigenvalue weighted by atomic mass is 14.8. The third kappa shape index (κ3) is 2.10. The Morgan fingerprint density at radius 2 is 1.80 bits per heavy atom. The van der Waals surface area contributed by atoms with Crippen molar-refractivity contribution in [3.05, 3.63) is 42.0 Å². The van der Waals surface area contributed by atoms with E-state index in [1.54, 1.807) is 0 Å². The maximum absolute atomic E-state index is 5.99. The van der Waals surface area contributed by atoms with Crippen LogP contribution in [0.15, 0.2) is 36.4 Å². The zero-order valence-corrected chi connectivity index (χ0v) is 8.96. The summed E-state index contributed by atoms with van der Waals surface area (Å²) in [5.41, 5.74) is 8.03. The van der Waals surface area contributed by atoms with Gasteiger partial charge in [0, 0.05) is 12.2 Å². The van der Waals surface area contributed by atoms with Crippen LogP contribution >= 0.6 is 0 Å². The third-order valence-electron chi connectivity index (χ3n) is 2.57. The van der Waals surface area contributed by atoms with Gasteiger partial charge in [-0.15, -0.1) is 0 Å². The number of nitrogens with two attached hydrogens (primary N) is 1. The van der Waals surface area contributed by atoms with Crippen molar-refractivity contribution in [1.29, 1.82) is 0 Å². The van der Waals surface area contributed by atoms with E-state index in [1.807, 2.05) is 12.1 Å². The van der Waals surface area contributed by atoms with Crippen molar-refractivity contribution in [3.63, 3.8) is 0 Å². The number of rotatable bonds is 3. The van der Waals surface area contributed by atoms with Crippen LogP contribution < -0.4 is 11.1 Å². The van der Waals surface area contributed by atoms with Crippen molar-refractivity contribution in [1.82, 2.24) is 5.32 Å². The van der Waals surface area contributed by atoms with Gasteiger partial charge in [0.1, 0.15) is 0 Å². The summed E-state index contributed by atoms with van der Waals surface area (Å²) < 4.78 is 0. The number of fused-ring (bicyclic) bond motifs is 1. The highest BCUT2D eigenvalue weighted by Crippen LogP contribution is 2.21. The molecular formula is C13H16N2. The fraction of sp³-hybridized carbons (Fsp3) is 0.231. The van der Waals surface area contributed by atoms with Crippen LogP contribution in [0.25, 0.3) is 10.8 Å². The van der Waals surface area contributed by atoms with Crippen LogP contribution in [0.3, 0.4) is 0 Å². The van der Waals surface area contributed by atoms with Gasteiger partial charge in [-0.3, -0.25) is 0 Å². The first-order chi connectivity index (χ1) is 7.31. The number of hydrogen-bond acceptors (Lipinski definition) is 2. The van der Waals surface area contributed by atoms with E-state index < -0.39 is 0 Å². The van der Waals surface area contributed by atoms with E-state index in [4.69, 9.17) is 5.73 Å². The largest absolute Gasteiger partial charge is 0.398 e. The van der Waals surface area contributed by atoms with Crippen molar-refractivity contribution < 1.29 is 0 Å². The van der Waals surface area contributed by atoms with Crippen LogP contribution in [0.2, 0.25) is 0 Å². The fourth-order valence-electron chi connectivity index (χ4n) is 1.72. The minimum Gasteiger partial charge on any atom is -0.398 e. The molecule has 0 aromatic heterocycles. The Morgan fingerprint density at radius 3 is 2.47 bits per heavy atom. The molecule has 2 nitrogen and oxygen atoms in total. The first-order valence-electron chi connectivity index (χ1n) is 5.29. The maximum atomic E-state index is 5.99. The second-order valence-corrected chi connectivity index (χ2v) is 3.68. The summed E-state index contributed by atoms with van der Waals surface area (Å²) in [7, 11) is 0. The second kappa shape index (κ2) is 4.32. The zero-order valence-electron chi connectivity index (χ0n) is 8.96. The lowest BCUT2D eigenvalue weighted by Gasteiger charge is -2.08. The smallest absolute Gasteiger partial charge is 0.0366 e. The van der Waals surface area contributed by atoms with Gasteiger partial charge in [0.2, 0.25) is 0 Å². The van der Waals surface area contributed by atoms with E-state index in [0.29, 0.717) is 0 Å². The highest BCUT2D eigenvalue weighted by Gasteiger charge is 2.00. The SMILES string of the molecule is CCNCc1cc2ccccc2cc1N. The van der Waals surface area contributed by atoms with Gasteiger partial charge in [0.15, 0.2) is 0 Å². The maximum Gasteiger partial charge on any atom is 0.0366 e. The van der Waals surface area contributed by atoms with E-state index in [-0.39, 0.29) is 0 Å². The number of benzene rings is 2. The molecule has 0 atom stereocenters. The van der Waals surface area contributed by atoms with Gasteiger partial charge in [0.05, 0.1) is 0 Å². The van der Waals surface area contributed by atoms with Crippen LogP contribution in [0.1, 0.15) is 12.5 Å². The molecule has 2 heteroatoms. The highest BCUT2D eigenvalue weighted by molar-refractivity contribution is 5.86. The Bertz CT molecular complexity index is 463. The van der Waals surface area contributed by atoms with Crippen LogP contribution in [-0.2, 0) is 6.54 Å². The molecule has 3 N–H and O–H groups in total. The fourth-order valence-corrected chi connectivity index (χ4v) is 1.72. The summed E-state index contributed by atoms with van der Waals surface area (Å²) in [6, 6.07) is 12.5. The van der Waals surface area contributed by atoms with Crippen LogP contribution in [0.5, 0.6) is 0 Å². The zero-order chi connectivity index (χ0) is 10.7. The van der Waals surface area contributed by atoms with Crippen molar-refractivity contribution in [2.45, 2.75) is 13.5 Å². The summed E-state index contributed by atoms with van der Waals surface area (Å²) >= 11 is 0. The Hall–Kier alpha value is -1.54. The third-order valence-corrected chi connectivity index (χ3v) is 2.57. The molecule has 0 aliphatic heterocycles. The first kappa shape index (κ1) is 9.99. The van der Waals surface area contributed by atoms with Gasteiger partial charge >= 0.3 is 0 Å². The Labute approximate surface area is 90.1 Å². The van der Waals surface area contributed by atoms with E-state index in [9.17, 15) is 0 Å². The molecule has 15 heavy (non-hydrogen) atoms. The molecule has 2 aromatic carbocycles. The Kier molecular flexibility index (Phi) is 2.88. The number of nitrogen functional groups attached to an aromatic ring is 1. The van der Waals surface area contributed by atoms with Crippen LogP contribution in [0.4, 0.5) is 5.69 Å². The minimum atomic E-state index is 0.840. The van der Waals surface area contributed by atoms with Gasteiger partial charge in [-0.05, 0) is 35.0 Å². The van der Waals surface area contributed by atoms with Crippen molar-refractivity contribution in [2.24, 2.45) is 0 Å². The molecule has 2 aromatic rings. The van der Waals surface area contributed by atoms with Gasteiger partial charge < -0.3 is 11.1 Å². The van der Waals surface area contributed by atoms with Gasteiger partial charge in [-0.25, -0.2) is 0 Å². The standard InChI is InChI=1S/C13H16N2/c1-2-15-9-12-7-10-5-3-4-6-11(10)8-13(12)14/h3-8,15H,2,9,14H2,1H3. The minimum absolute atomic E-state index is 0.840. The molecule has 0 saturated heterocycles. The molecule has 0 radical (unpaired) electrons. The molecule has 0 bridgehead atoms. The normalized spacial score (nSPS) is 10.7. The van der Waals surface area contributed by atoms with Crippen molar-refractivity contribution in [2.75, 3.05) is 12.3 Å².